The molecule has 0 saturated carbocycles. The van der Waals surface area contributed by atoms with Gasteiger partial charge in [-0.2, -0.15) is 0 Å². The zero-order valence-corrected chi connectivity index (χ0v) is 15.7. The molecule has 0 aliphatic carbocycles. The maximum Gasteiger partial charge on any atom is 0.303 e. The maximum absolute atomic E-state index is 12.1. The van der Waals surface area contributed by atoms with Gasteiger partial charge in [0.25, 0.3) is 0 Å². The predicted molar refractivity (Wildman–Crippen MR) is 97.2 cm³/mol. The van der Waals surface area contributed by atoms with Crippen LogP contribution in [-0.2, 0) is 20.7 Å². The van der Waals surface area contributed by atoms with E-state index in [1.54, 1.807) is 7.11 Å². The van der Waals surface area contributed by atoms with Crippen LogP contribution >= 0.6 is 0 Å². The van der Waals surface area contributed by atoms with Crippen molar-refractivity contribution < 1.29 is 29.3 Å². The molecular formula is C19H29NO6. The van der Waals surface area contributed by atoms with Gasteiger partial charge in [0.2, 0.25) is 5.91 Å². The lowest BCUT2D eigenvalue weighted by atomic mass is 10.1. The van der Waals surface area contributed by atoms with E-state index in [4.69, 9.17) is 14.6 Å². The normalized spacial score (nSPS) is 12.0. The van der Waals surface area contributed by atoms with Gasteiger partial charge in [0, 0.05) is 19.6 Å². The van der Waals surface area contributed by atoms with E-state index in [1.807, 2.05) is 38.1 Å². The quantitative estimate of drug-likeness (QED) is 0.584. The highest BCUT2D eigenvalue weighted by Gasteiger charge is 2.21. The molecule has 1 aromatic carbocycles. The number of nitrogens with zero attached hydrogens (tertiary/aromatic N) is 1. The Bertz CT molecular complexity index is 558. The molecular weight excluding hydrogens is 338 g/mol. The topological polar surface area (TPSA) is 96.3 Å². The van der Waals surface area contributed by atoms with Gasteiger partial charge in [-0.3, -0.25) is 9.59 Å². The molecule has 0 spiro atoms. The highest BCUT2D eigenvalue weighted by atomic mass is 16.5. The lowest BCUT2D eigenvalue weighted by Crippen LogP contribution is -2.43. The van der Waals surface area contributed by atoms with Crippen molar-refractivity contribution in [3.05, 3.63) is 29.8 Å². The molecule has 0 aliphatic rings. The minimum Gasteiger partial charge on any atom is -0.491 e. The summed E-state index contributed by atoms with van der Waals surface area (Å²) in [5, 5.41) is 18.9. The first-order valence-corrected chi connectivity index (χ1v) is 8.73. The molecule has 0 heterocycles. The molecule has 0 aliphatic heterocycles. The van der Waals surface area contributed by atoms with Crippen molar-refractivity contribution in [2.24, 2.45) is 0 Å². The number of carboxylic acid groups (broad SMARTS) is 1. The molecule has 1 atom stereocenters. The molecule has 1 aromatic rings. The van der Waals surface area contributed by atoms with Crippen LogP contribution < -0.4 is 4.74 Å². The van der Waals surface area contributed by atoms with Crippen LogP contribution in [-0.4, -0.2) is 66.0 Å². The van der Waals surface area contributed by atoms with E-state index in [2.05, 4.69) is 0 Å². The van der Waals surface area contributed by atoms with Crippen LogP contribution in [0.1, 0.15) is 32.3 Å². The summed E-state index contributed by atoms with van der Waals surface area (Å²) in [6.07, 6.45) is -0.339. The fourth-order valence-electron chi connectivity index (χ4n) is 2.40. The smallest absolute Gasteiger partial charge is 0.303 e. The summed E-state index contributed by atoms with van der Waals surface area (Å²) in [6.45, 7) is 4.45. The fraction of sp³-hybridized carbons (Fsp3) is 0.579. The van der Waals surface area contributed by atoms with Gasteiger partial charge in [-0.1, -0.05) is 12.1 Å². The van der Waals surface area contributed by atoms with Crippen molar-refractivity contribution in [1.82, 2.24) is 4.90 Å². The highest BCUT2D eigenvalue weighted by molar-refractivity contribution is 5.80. The van der Waals surface area contributed by atoms with Gasteiger partial charge >= 0.3 is 5.97 Å². The minimum absolute atomic E-state index is 0.0485. The van der Waals surface area contributed by atoms with Gasteiger partial charge in [-0.05, 0) is 38.0 Å². The average Bonchev–Trinajstić information content (AvgIpc) is 2.61. The van der Waals surface area contributed by atoms with E-state index in [0.29, 0.717) is 12.4 Å². The molecule has 0 saturated heterocycles. The molecule has 0 fully saturated rings. The van der Waals surface area contributed by atoms with Crippen LogP contribution in [0.3, 0.4) is 0 Å². The van der Waals surface area contributed by atoms with Crippen molar-refractivity contribution in [3.8, 4) is 5.75 Å². The largest absolute Gasteiger partial charge is 0.491 e. The first kappa shape index (κ1) is 21.9. The molecule has 2 N–H and O–H groups in total. The summed E-state index contributed by atoms with van der Waals surface area (Å²) in [6, 6.07) is 7.41. The first-order chi connectivity index (χ1) is 12.3. The van der Waals surface area contributed by atoms with Crippen LogP contribution in [0.25, 0.3) is 0 Å². The summed E-state index contributed by atoms with van der Waals surface area (Å²) in [5.41, 5.74) is 1.13. The molecule has 7 heteroatoms. The standard InChI is InChI=1S/C19H29NO6/c1-14(2)20(18(22)8-9-19(23)24)12-16(21)13-26-17-6-4-15(5-7-17)10-11-25-3/h4-7,14,16,21H,8-13H2,1-3H3,(H,23,24). The van der Waals surface area contributed by atoms with E-state index >= 15 is 0 Å². The second kappa shape index (κ2) is 11.5. The number of benzene rings is 1. The van der Waals surface area contributed by atoms with Crippen molar-refractivity contribution in [1.29, 1.82) is 0 Å². The van der Waals surface area contributed by atoms with E-state index < -0.39 is 12.1 Å². The number of hydrogen-bond donors (Lipinski definition) is 2. The van der Waals surface area contributed by atoms with Crippen molar-refractivity contribution in [3.63, 3.8) is 0 Å². The van der Waals surface area contributed by atoms with Gasteiger partial charge in [-0.15, -0.1) is 0 Å². The summed E-state index contributed by atoms with van der Waals surface area (Å²) >= 11 is 0. The Morgan fingerprint density at radius 1 is 1.15 bits per heavy atom. The number of rotatable bonds is 12. The number of ether oxygens (including phenoxy) is 2. The molecule has 26 heavy (non-hydrogen) atoms. The SMILES string of the molecule is COCCc1ccc(OCC(O)CN(C(=O)CCC(=O)O)C(C)C)cc1. The molecule has 0 aromatic heterocycles. The Hall–Kier alpha value is -2.12. The molecule has 1 unspecified atom stereocenters. The molecule has 0 radical (unpaired) electrons. The number of methoxy groups -OCH3 is 1. The third kappa shape index (κ3) is 8.31. The zero-order chi connectivity index (χ0) is 19.5. The van der Waals surface area contributed by atoms with Crippen LogP contribution in [0.15, 0.2) is 24.3 Å². The Morgan fingerprint density at radius 2 is 1.81 bits per heavy atom. The Morgan fingerprint density at radius 3 is 2.35 bits per heavy atom. The van der Waals surface area contributed by atoms with Gasteiger partial charge in [0.05, 0.1) is 19.6 Å². The highest BCUT2D eigenvalue weighted by Crippen LogP contribution is 2.13. The fourth-order valence-corrected chi connectivity index (χ4v) is 2.40. The van der Waals surface area contributed by atoms with Crippen molar-refractivity contribution in [2.75, 3.05) is 26.9 Å². The second-order valence-electron chi connectivity index (χ2n) is 6.39. The number of aliphatic hydroxyl groups is 1. The summed E-state index contributed by atoms with van der Waals surface area (Å²) < 4.78 is 10.6. The van der Waals surface area contributed by atoms with Crippen molar-refractivity contribution >= 4 is 11.9 Å². The zero-order valence-electron chi connectivity index (χ0n) is 15.7. The van der Waals surface area contributed by atoms with E-state index in [1.165, 1.54) is 4.90 Å². The van der Waals surface area contributed by atoms with Gasteiger partial charge < -0.3 is 24.6 Å². The summed E-state index contributed by atoms with van der Waals surface area (Å²) in [4.78, 5) is 24.2. The third-order valence-electron chi connectivity index (χ3n) is 3.86. The predicted octanol–water partition coefficient (Wildman–Crippen LogP) is 1.72. The minimum atomic E-state index is -1.01. The number of carbonyl (C=O) groups excluding carboxylic acids is 1. The number of aliphatic hydroxyl groups excluding tert-OH is 1. The third-order valence-corrected chi connectivity index (χ3v) is 3.86. The second-order valence-corrected chi connectivity index (χ2v) is 6.39. The van der Waals surface area contributed by atoms with Crippen LogP contribution in [0, 0.1) is 0 Å². The monoisotopic (exact) mass is 367 g/mol. The van der Waals surface area contributed by atoms with Crippen molar-refractivity contribution in [2.45, 2.75) is 45.3 Å². The summed E-state index contributed by atoms with van der Waals surface area (Å²) in [5.74, 6) is -0.664. The number of carboxylic acids is 1. The van der Waals surface area contributed by atoms with Crippen LogP contribution in [0.5, 0.6) is 5.75 Å². The van der Waals surface area contributed by atoms with Gasteiger partial charge in [0.1, 0.15) is 18.5 Å². The average molecular weight is 367 g/mol. The van der Waals surface area contributed by atoms with E-state index in [9.17, 15) is 14.7 Å². The molecule has 0 bridgehead atoms. The number of aliphatic carboxylic acids is 1. The lowest BCUT2D eigenvalue weighted by Gasteiger charge is -2.29. The molecule has 1 rings (SSSR count). The number of carbonyl (C=O) groups is 2. The van der Waals surface area contributed by atoms with Gasteiger partial charge in [-0.25, -0.2) is 0 Å². The van der Waals surface area contributed by atoms with E-state index in [-0.39, 0.29) is 37.9 Å². The number of hydrogen-bond acceptors (Lipinski definition) is 5. The number of amides is 1. The first-order valence-electron chi connectivity index (χ1n) is 8.73. The maximum atomic E-state index is 12.1. The molecule has 1 amide bonds. The van der Waals surface area contributed by atoms with Gasteiger partial charge in [0.15, 0.2) is 0 Å². The summed E-state index contributed by atoms with van der Waals surface area (Å²) in [7, 11) is 1.66. The molecule has 146 valence electrons. The van der Waals surface area contributed by atoms with E-state index in [0.717, 1.165) is 12.0 Å². The Kier molecular flexibility index (Phi) is 9.69. The lowest BCUT2D eigenvalue weighted by molar-refractivity contribution is -0.142. The molecule has 7 nitrogen and oxygen atoms in total. The van der Waals surface area contributed by atoms with Crippen LogP contribution in [0.4, 0.5) is 0 Å². The Labute approximate surface area is 154 Å². The van der Waals surface area contributed by atoms with Crippen LogP contribution in [0.2, 0.25) is 0 Å². The Balaban J connectivity index is 2.48.